The zero-order valence-electron chi connectivity index (χ0n) is 21.3. The van der Waals surface area contributed by atoms with Gasteiger partial charge in [-0.1, -0.05) is 67.6 Å². The Morgan fingerprint density at radius 1 is 0.921 bits per heavy atom. The molecule has 2 N–H and O–H groups in total. The summed E-state index contributed by atoms with van der Waals surface area (Å²) in [6.07, 6.45) is 4.13. The first-order valence-electron chi connectivity index (χ1n) is 12.8. The van der Waals surface area contributed by atoms with Gasteiger partial charge in [0.1, 0.15) is 0 Å². The van der Waals surface area contributed by atoms with Crippen LogP contribution in [-0.4, -0.2) is 50.2 Å². The van der Waals surface area contributed by atoms with E-state index >= 15 is 0 Å². The molecule has 1 saturated heterocycles. The minimum absolute atomic E-state index is 0.128. The molecule has 0 radical (unpaired) electrons. The SMILES string of the molecule is C=CC(=O)NC1CCCCN(S(=O)(=O)c2ccc(C(=O)NCCc3ccc(-c4ccccc4)cc3)cc2)C1. The summed E-state index contributed by atoms with van der Waals surface area (Å²) < 4.78 is 27.9. The highest BCUT2D eigenvalue weighted by Gasteiger charge is 2.29. The summed E-state index contributed by atoms with van der Waals surface area (Å²) in [6.45, 7) is 4.52. The van der Waals surface area contributed by atoms with Crippen LogP contribution >= 0.6 is 0 Å². The van der Waals surface area contributed by atoms with Crippen LogP contribution in [0.3, 0.4) is 0 Å². The lowest BCUT2D eigenvalue weighted by molar-refractivity contribution is -0.117. The number of benzene rings is 3. The summed E-state index contributed by atoms with van der Waals surface area (Å²) in [6, 6.07) is 24.2. The summed E-state index contributed by atoms with van der Waals surface area (Å²) >= 11 is 0. The van der Waals surface area contributed by atoms with Crippen LogP contribution in [0, 0.1) is 0 Å². The quantitative estimate of drug-likeness (QED) is 0.405. The Balaban J connectivity index is 1.32. The van der Waals surface area contributed by atoms with E-state index in [9.17, 15) is 18.0 Å². The van der Waals surface area contributed by atoms with Gasteiger partial charge in [-0.05, 0) is 66.3 Å². The van der Waals surface area contributed by atoms with Crippen molar-refractivity contribution in [2.75, 3.05) is 19.6 Å². The van der Waals surface area contributed by atoms with Crippen LogP contribution in [0.25, 0.3) is 11.1 Å². The van der Waals surface area contributed by atoms with Gasteiger partial charge in [0.15, 0.2) is 0 Å². The Labute approximate surface area is 224 Å². The van der Waals surface area contributed by atoms with E-state index in [1.807, 2.05) is 18.2 Å². The monoisotopic (exact) mass is 531 g/mol. The zero-order chi connectivity index (χ0) is 27.0. The molecule has 8 heteroatoms. The van der Waals surface area contributed by atoms with Gasteiger partial charge in [0.05, 0.1) is 4.90 Å². The van der Waals surface area contributed by atoms with Crippen molar-refractivity contribution in [3.05, 3.63) is 103 Å². The fourth-order valence-electron chi connectivity index (χ4n) is 4.55. The number of hydrogen-bond acceptors (Lipinski definition) is 4. The predicted octanol–water partition coefficient (Wildman–Crippen LogP) is 4.17. The molecule has 0 bridgehead atoms. The minimum atomic E-state index is -3.76. The van der Waals surface area contributed by atoms with Crippen LogP contribution in [-0.2, 0) is 21.2 Å². The molecule has 7 nitrogen and oxygen atoms in total. The largest absolute Gasteiger partial charge is 0.352 e. The highest BCUT2D eigenvalue weighted by Crippen LogP contribution is 2.22. The minimum Gasteiger partial charge on any atom is -0.352 e. The van der Waals surface area contributed by atoms with Crippen molar-refractivity contribution in [1.82, 2.24) is 14.9 Å². The van der Waals surface area contributed by atoms with Gasteiger partial charge in [0.2, 0.25) is 15.9 Å². The molecule has 0 aliphatic carbocycles. The molecule has 2 amide bonds. The van der Waals surface area contributed by atoms with Crippen molar-refractivity contribution in [3.8, 4) is 11.1 Å². The van der Waals surface area contributed by atoms with Crippen molar-refractivity contribution in [2.24, 2.45) is 0 Å². The molecular formula is C30H33N3O4S. The van der Waals surface area contributed by atoms with E-state index in [0.29, 0.717) is 31.5 Å². The molecular weight excluding hydrogens is 498 g/mol. The normalized spacial score (nSPS) is 16.3. The highest BCUT2D eigenvalue weighted by molar-refractivity contribution is 7.89. The lowest BCUT2D eigenvalue weighted by atomic mass is 10.0. The second kappa shape index (κ2) is 12.7. The van der Waals surface area contributed by atoms with Crippen LogP contribution in [0.4, 0.5) is 0 Å². The average Bonchev–Trinajstić information content (AvgIpc) is 3.20. The molecule has 3 aromatic rings. The maximum atomic E-state index is 13.3. The van der Waals surface area contributed by atoms with Crippen LogP contribution in [0.1, 0.15) is 35.2 Å². The molecule has 1 aliphatic rings. The molecule has 4 rings (SSSR count). The van der Waals surface area contributed by atoms with Crippen LogP contribution in [0.15, 0.2) is 96.4 Å². The third-order valence-electron chi connectivity index (χ3n) is 6.68. The van der Waals surface area contributed by atoms with Crippen molar-refractivity contribution < 1.29 is 18.0 Å². The van der Waals surface area contributed by atoms with Gasteiger partial charge >= 0.3 is 0 Å². The van der Waals surface area contributed by atoms with E-state index in [0.717, 1.165) is 29.5 Å². The van der Waals surface area contributed by atoms with E-state index in [4.69, 9.17) is 0 Å². The Morgan fingerprint density at radius 3 is 2.29 bits per heavy atom. The van der Waals surface area contributed by atoms with Crippen molar-refractivity contribution in [2.45, 2.75) is 36.6 Å². The molecule has 1 atom stereocenters. The van der Waals surface area contributed by atoms with Crippen LogP contribution in [0.2, 0.25) is 0 Å². The maximum absolute atomic E-state index is 13.3. The Hall–Kier alpha value is -3.75. The second-order valence-electron chi connectivity index (χ2n) is 9.36. The average molecular weight is 532 g/mol. The number of nitrogens with zero attached hydrogens (tertiary/aromatic N) is 1. The third-order valence-corrected chi connectivity index (χ3v) is 8.56. The summed E-state index contributed by atoms with van der Waals surface area (Å²) in [5, 5.41) is 5.72. The van der Waals surface area contributed by atoms with Gasteiger partial charge in [-0.25, -0.2) is 8.42 Å². The fourth-order valence-corrected chi connectivity index (χ4v) is 6.07. The van der Waals surface area contributed by atoms with E-state index < -0.39 is 10.0 Å². The first kappa shape index (κ1) is 27.3. The summed E-state index contributed by atoms with van der Waals surface area (Å²) in [4.78, 5) is 24.5. The van der Waals surface area contributed by atoms with E-state index in [1.165, 1.54) is 34.6 Å². The van der Waals surface area contributed by atoms with Gasteiger partial charge in [-0.2, -0.15) is 4.31 Å². The molecule has 0 saturated carbocycles. The summed E-state index contributed by atoms with van der Waals surface area (Å²) in [5.74, 6) is -0.564. The molecule has 1 heterocycles. The molecule has 0 spiro atoms. The van der Waals surface area contributed by atoms with Gasteiger partial charge in [-0.15, -0.1) is 0 Å². The van der Waals surface area contributed by atoms with Crippen LogP contribution in [0.5, 0.6) is 0 Å². The van der Waals surface area contributed by atoms with Gasteiger partial charge in [-0.3, -0.25) is 9.59 Å². The molecule has 1 aliphatic heterocycles. The Morgan fingerprint density at radius 2 is 1.61 bits per heavy atom. The molecule has 38 heavy (non-hydrogen) atoms. The number of hydrogen-bond donors (Lipinski definition) is 2. The van der Waals surface area contributed by atoms with Crippen molar-refractivity contribution >= 4 is 21.8 Å². The lowest BCUT2D eigenvalue weighted by Crippen LogP contribution is -2.44. The van der Waals surface area contributed by atoms with Gasteiger partial charge in [0, 0.05) is 31.2 Å². The summed E-state index contributed by atoms with van der Waals surface area (Å²) in [5.41, 5.74) is 3.82. The standard InChI is InChI=1S/C30H33N3O4S/c1-2-29(34)32-27-10-6-7-21-33(22-27)38(36,37)28-17-15-26(16-18-28)30(35)31-20-19-23-11-13-25(14-12-23)24-8-4-3-5-9-24/h2-5,8-9,11-18,27H,1,6-7,10,19-22H2,(H,31,35)(H,32,34). The number of sulfonamides is 1. The number of amides is 2. The highest BCUT2D eigenvalue weighted by atomic mass is 32.2. The molecule has 1 unspecified atom stereocenters. The fraction of sp³-hybridized carbons (Fsp3) is 0.267. The third kappa shape index (κ3) is 6.96. The van der Waals surface area contributed by atoms with Crippen molar-refractivity contribution in [3.63, 3.8) is 0 Å². The number of nitrogens with one attached hydrogen (secondary N) is 2. The molecule has 3 aromatic carbocycles. The second-order valence-corrected chi connectivity index (χ2v) is 11.3. The van der Waals surface area contributed by atoms with E-state index in [1.54, 1.807) is 0 Å². The first-order valence-corrected chi connectivity index (χ1v) is 14.3. The maximum Gasteiger partial charge on any atom is 0.251 e. The molecule has 0 aromatic heterocycles. The lowest BCUT2D eigenvalue weighted by Gasteiger charge is -2.24. The zero-order valence-corrected chi connectivity index (χ0v) is 22.1. The molecule has 1 fully saturated rings. The summed E-state index contributed by atoms with van der Waals surface area (Å²) in [7, 11) is -3.76. The van der Waals surface area contributed by atoms with Crippen molar-refractivity contribution in [1.29, 1.82) is 0 Å². The first-order chi connectivity index (χ1) is 18.4. The topological polar surface area (TPSA) is 95.6 Å². The smallest absolute Gasteiger partial charge is 0.251 e. The Kier molecular flexibility index (Phi) is 9.10. The van der Waals surface area contributed by atoms with Crippen LogP contribution < -0.4 is 10.6 Å². The van der Waals surface area contributed by atoms with E-state index in [-0.39, 0.29) is 29.3 Å². The number of carbonyl (C=O) groups is 2. The Bertz CT molecular complexity index is 1350. The van der Waals surface area contributed by atoms with Gasteiger partial charge < -0.3 is 10.6 Å². The van der Waals surface area contributed by atoms with Gasteiger partial charge in [0.25, 0.3) is 5.91 Å². The predicted molar refractivity (Wildman–Crippen MR) is 149 cm³/mol. The van der Waals surface area contributed by atoms with E-state index in [2.05, 4.69) is 53.6 Å². The number of carbonyl (C=O) groups excluding carboxylic acids is 2. The number of rotatable bonds is 9. The molecule has 198 valence electrons.